The van der Waals surface area contributed by atoms with Gasteiger partial charge >= 0.3 is 0 Å². The lowest BCUT2D eigenvalue weighted by molar-refractivity contribution is 0.414. The molecular formula is C20H17ClO. The molecule has 0 saturated carbocycles. The summed E-state index contributed by atoms with van der Waals surface area (Å²) in [6.07, 6.45) is 0. The maximum Gasteiger partial charge on any atom is 0.120 e. The molecular weight excluding hydrogens is 292 g/mol. The minimum atomic E-state index is -0.739. The molecule has 1 nitrogen and oxygen atoms in total. The molecule has 0 N–H and O–H groups in total. The molecule has 3 rings (SSSR count). The Morgan fingerprint density at radius 3 is 1.68 bits per heavy atom. The molecule has 0 spiro atoms. The third-order valence-electron chi connectivity index (χ3n) is 3.81. The minimum Gasteiger partial charge on any atom is -0.497 e. The Labute approximate surface area is 136 Å². The summed E-state index contributed by atoms with van der Waals surface area (Å²) in [6, 6.07) is 28.2. The molecule has 0 amide bonds. The lowest BCUT2D eigenvalue weighted by Gasteiger charge is -2.29. The van der Waals surface area contributed by atoms with E-state index in [2.05, 4.69) is 24.3 Å². The van der Waals surface area contributed by atoms with Gasteiger partial charge in [0.25, 0.3) is 0 Å². The van der Waals surface area contributed by atoms with Crippen molar-refractivity contribution in [3.8, 4) is 5.75 Å². The maximum absolute atomic E-state index is 7.19. The van der Waals surface area contributed by atoms with E-state index in [4.69, 9.17) is 16.3 Å². The topological polar surface area (TPSA) is 9.23 Å². The van der Waals surface area contributed by atoms with E-state index in [1.165, 1.54) is 0 Å². The lowest BCUT2D eigenvalue weighted by Crippen LogP contribution is -2.22. The molecule has 0 aliphatic rings. The monoisotopic (exact) mass is 308 g/mol. The van der Waals surface area contributed by atoms with Gasteiger partial charge in [0.05, 0.1) is 7.11 Å². The molecule has 0 atom stereocenters. The second-order valence-corrected chi connectivity index (χ2v) is 5.69. The Balaban J connectivity index is 2.23. The first-order chi connectivity index (χ1) is 10.7. The van der Waals surface area contributed by atoms with Crippen LogP contribution in [0.3, 0.4) is 0 Å². The van der Waals surface area contributed by atoms with Crippen LogP contribution in [0, 0.1) is 0 Å². The molecule has 3 aromatic rings. The van der Waals surface area contributed by atoms with Gasteiger partial charge in [-0.3, -0.25) is 0 Å². The van der Waals surface area contributed by atoms with Crippen LogP contribution in [-0.4, -0.2) is 7.11 Å². The smallest absolute Gasteiger partial charge is 0.120 e. The van der Waals surface area contributed by atoms with Crippen LogP contribution in [0.25, 0.3) is 0 Å². The van der Waals surface area contributed by atoms with E-state index in [1.54, 1.807) is 7.11 Å². The first kappa shape index (κ1) is 14.7. The van der Waals surface area contributed by atoms with E-state index >= 15 is 0 Å². The first-order valence-corrected chi connectivity index (χ1v) is 7.57. The number of halogens is 1. The van der Waals surface area contributed by atoms with Crippen molar-refractivity contribution in [1.82, 2.24) is 0 Å². The number of ether oxygens (including phenoxy) is 1. The summed E-state index contributed by atoms with van der Waals surface area (Å²) < 4.78 is 5.36. The van der Waals surface area contributed by atoms with Crippen LogP contribution in [0.15, 0.2) is 84.9 Å². The molecule has 0 aliphatic carbocycles. The molecule has 0 bridgehead atoms. The predicted molar refractivity (Wildman–Crippen MR) is 91.6 cm³/mol. The summed E-state index contributed by atoms with van der Waals surface area (Å²) in [5, 5.41) is 0. The van der Waals surface area contributed by atoms with Crippen molar-refractivity contribution in [1.29, 1.82) is 0 Å². The highest BCUT2D eigenvalue weighted by molar-refractivity contribution is 6.28. The Hall–Kier alpha value is -2.25. The van der Waals surface area contributed by atoms with Gasteiger partial charge < -0.3 is 4.74 Å². The van der Waals surface area contributed by atoms with Gasteiger partial charge in [0.1, 0.15) is 10.6 Å². The Morgan fingerprint density at radius 2 is 1.18 bits per heavy atom. The van der Waals surface area contributed by atoms with Crippen molar-refractivity contribution in [3.63, 3.8) is 0 Å². The zero-order chi connectivity index (χ0) is 15.4. The van der Waals surface area contributed by atoms with Gasteiger partial charge in [0.2, 0.25) is 0 Å². The molecule has 0 aromatic heterocycles. The number of hydrogen-bond donors (Lipinski definition) is 0. The average Bonchev–Trinajstić information content (AvgIpc) is 2.62. The van der Waals surface area contributed by atoms with Crippen molar-refractivity contribution in [2.24, 2.45) is 0 Å². The molecule has 22 heavy (non-hydrogen) atoms. The van der Waals surface area contributed by atoms with E-state index in [-0.39, 0.29) is 0 Å². The third kappa shape index (κ3) is 2.60. The SMILES string of the molecule is COc1cccc(C(Cl)(c2ccccc2)c2ccccc2)c1. The van der Waals surface area contributed by atoms with Gasteiger partial charge in [0.15, 0.2) is 0 Å². The summed E-state index contributed by atoms with van der Waals surface area (Å²) in [7, 11) is 1.67. The van der Waals surface area contributed by atoms with Gasteiger partial charge in [-0.05, 0) is 28.8 Å². The van der Waals surface area contributed by atoms with Gasteiger partial charge in [-0.1, -0.05) is 72.8 Å². The van der Waals surface area contributed by atoms with E-state index < -0.39 is 4.87 Å². The lowest BCUT2D eigenvalue weighted by atomic mass is 9.84. The number of benzene rings is 3. The fourth-order valence-electron chi connectivity index (χ4n) is 2.67. The van der Waals surface area contributed by atoms with Crippen molar-refractivity contribution < 1.29 is 4.74 Å². The summed E-state index contributed by atoms with van der Waals surface area (Å²) >= 11 is 7.19. The Kier molecular flexibility index (Phi) is 4.17. The molecule has 0 heterocycles. The molecule has 110 valence electrons. The molecule has 2 heteroatoms. The van der Waals surface area contributed by atoms with Gasteiger partial charge in [-0.15, -0.1) is 11.6 Å². The van der Waals surface area contributed by atoms with Crippen molar-refractivity contribution in [2.75, 3.05) is 7.11 Å². The normalized spacial score (nSPS) is 11.2. The van der Waals surface area contributed by atoms with E-state index in [0.717, 1.165) is 22.4 Å². The van der Waals surface area contributed by atoms with E-state index in [9.17, 15) is 0 Å². The third-order valence-corrected chi connectivity index (χ3v) is 4.47. The second-order valence-electron chi connectivity index (χ2n) is 5.12. The molecule has 0 aliphatic heterocycles. The quantitative estimate of drug-likeness (QED) is 0.474. The van der Waals surface area contributed by atoms with Crippen LogP contribution < -0.4 is 4.74 Å². The van der Waals surface area contributed by atoms with Gasteiger partial charge in [-0.2, -0.15) is 0 Å². The Morgan fingerprint density at radius 1 is 0.682 bits per heavy atom. The fraction of sp³-hybridized carbons (Fsp3) is 0.100. The minimum absolute atomic E-state index is 0.739. The molecule has 3 aromatic carbocycles. The summed E-state index contributed by atoms with van der Waals surface area (Å²) in [6.45, 7) is 0. The fourth-order valence-corrected chi connectivity index (χ4v) is 3.04. The van der Waals surface area contributed by atoms with Gasteiger partial charge in [0, 0.05) is 0 Å². The number of rotatable bonds is 4. The van der Waals surface area contributed by atoms with Crippen LogP contribution in [0.4, 0.5) is 0 Å². The highest BCUT2D eigenvalue weighted by Gasteiger charge is 2.34. The summed E-state index contributed by atoms with van der Waals surface area (Å²) in [4.78, 5) is -0.739. The number of hydrogen-bond acceptors (Lipinski definition) is 1. The number of alkyl halides is 1. The molecule has 0 radical (unpaired) electrons. The van der Waals surface area contributed by atoms with Crippen molar-refractivity contribution in [3.05, 3.63) is 102 Å². The van der Waals surface area contributed by atoms with Gasteiger partial charge in [-0.25, -0.2) is 0 Å². The maximum atomic E-state index is 7.19. The summed E-state index contributed by atoms with van der Waals surface area (Å²) in [5.41, 5.74) is 3.07. The predicted octanol–water partition coefficient (Wildman–Crippen LogP) is 5.23. The largest absolute Gasteiger partial charge is 0.497 e. The zero-order valence-corrected chi connectivity index (χ0v) is 13.1. The van der Waals surface area contributed by atoms with Crippen LogP contribution in [0.1, 0.15) is 16.7 Å². The number of methoxy groups -OCH3 is 1. The average molecular weight is 309 g/mol. The molecule has 0 fully saturated rings. The van der Waals surface area contributed by atoms with Crippen LogP contribution in [0.2, 0.25) is 0 Å². The van der Waals surface area contributed by atoms with Crippen LogP contribution >= 0.6 is 11.6 Å². The standard InChI is InChI=1S/C20H17ClO/c1-22-19-14-8-13-18(15-19)20(21,16-9-4-2-5-10-16)17-11-6-3-7-12-17/h2-15H,1H3. The van der Waals surface area contributed by atoms with Crippen molar-refractivity contribution >= 4 is 11.6 Å². The van der Waals surface area contributed by atoms with E-state index in [1.807, 2.05) is 60.7 Å². The highest BCUT2D eigenvalue weighted by Crippen LogP contribution is 2.43. The molecule has 0 unspecified atom stereocenters. The van der Waals surface area contributed by atoms with Crippen LogP contribution in [0.5, 0.6) is 5.75 Å². The zero-order valence-electron chi connectivity index (χ0n) is 12.4. The second kappa shape index (κ2) is 6.25. The van der Waals surface area contributed by atoms with Crippen LogP contribution in [-0.2, 0) is 4.87 Å². The first-order valence-electron chi connectivity index (χ1n) is 7.19. The highest BCUT2D eigenvalue weighted by atomic mass is 35.5. The molecule has 0 saturated heterocycles. The van der Waals surface area contributed by atoms with Crippen molar-refractivity contribution in [2.45, 2.75) is 4.87 Å². The van der Waals surface area contributed by atoms with E-state index in [0.29, 0.717) is 0 Å². The summed E-state index contributed by atoms with van der Waals surface area (Å²) in [5.74, 6) is 0.800. The Bertz CT molecular complexity index is 698.